The minimum absolute atomic E-state index is 0.258. The van der Waals surface area contributed by atoms with Crippen LogP contribution in [0.15, 0.2) is 57.8 Å². The standard InChI is InChI=1S/C14H9ClN2O2/c15-10-4-1-3-9(7-10)8-11-14(18)17-13(16-11)12-5-2-6-19-12/h1-8H,(H,16,17,18). The molecule has 0 spiro atoms. The monoisotopic (exact) mass is 272 g/mol. The molecule has 1 aromatic heterocycles. The molecule has 0 saturated carbocycles. The number of rotatable bonds is 2. The molecule has 1 aliphatic rings. The number of aliphatic imine (C=N–C) groups is 1. The Balaban J connectivity index is 1.95. The maximum atomic E-state index is 11.8. The molecule has 0 saturated heterocycles. The molecule has 1 amide bonds. The van der Waals surface area contributed by atoms with Gasteiger partial charge in [0.1, 0.15) is 5.70 Å². The highest BCUT2D eigenvalue weighted by molar-refractivity contribution is 6.30. The normalized spacial score (nSPS) is 16.6. The van der Waals surface area contributed by atoms with E-state index < -0.39 is 0 Å². The fourth-order valence-corrected chi connectivity index (χ4v) is 1.95. The molecular formula is C14H9ClN2O2. The lowest BCUT2D eigenvalue weighted by Crippen LogP contribution is -2.24. The first-order valence-electron chi connectivity index (χ1n) is 5.63. The molecule has 0 unspecified atom stereocenters. The Hall–Kier alpha value is -2.33. The fraction of sp³-hybridized carbons (Fsp3) is 0. The molecule has 0 bridgehead atoms. The lowest BCUT2D eigenvalue weighted by atomic mass is 10.2. The highest BCUT2D eigenvalue weighted by atomic mass is 35.5. The lowest BCUT2D eigenvalue weighted by molar-refractivity contribution is -0.115. The van der Waals surface area contributed by atoms with Gasteiger partial charge in [0.15, 0.2) is 11.6 Å². The zero-order valence-corrected chi connectivity index (χ0v) is 10.5. The first-order valence-corrected chi connectivity index (χ1v) is 6.01. The largest absolute Gasteiger partial charge is 0.461 e. The van der Waals surface area contributed by atoms with Crippen LogP contribution in [0.2, 0.25) is 5.02 Å². The highest BCUT2D eigenvalue weighted by Gasteiger charge is 2.22. The highest BCUT2D eigenvalue weighted by Crippen LogP contribution is 2.17. The number of carbonyl (C=O) groups is 1. The molecule has 19 heavy (non-hydrogen) atoms. The van der Waals surface area contributed by atoms with Gasteiger partial charge in [-0.25, -0.2) is 4.99 Å². The third kappa shape index (κ3) is 2.44. The van der Waals surface area contributed by atoms with Crippen LogP contribution < -0.4 is 5.32 Å². The van der Waals surface area contributed by atoms with Crippen molar-refractivity contribution in [2.24, 2.45) is 4.99 Å². The van der Waals surface area contributed by atoms with Gasteiger partial charge >= 0.3 is 0 Å². The zero-order chi connectivity index (χ0) is 13.2. The van der Waals surface area contributed by atoms with Crippen LogP contribution in [0.5, 0.6) is 0 Å². The van der Waals surface area contributed by atoms with E-state index in [0.29, 0.717) is 22.3 Å². The van der Waals surface area contributed by atoms with E-state index in [1.165, 1.54) is 6.26 Å². The van der Waals surface area contributed by atoms with Crippen LogP contribution in [-0.2, 0) is 4.79 Å². The molecule has 0 radical (unpaired) electrons. The van der Waals surface area contributed by atoms with Crippen molar-refractivity contribution in [3.8, 4) is 0 Å². The summed E-state index contributed by atoms with van der Waals surface area (Å²) < 4.78 is 5.19. The van der Waals surface area contributed by atoms with E-state index in [1.54, 1.807) is 30.3 Å². The summed E-state index contributed by atoms with van der Waals surface area (Å²) in [6.45, 7) is 0. The van der Waals surface area contributed by atoms with Crippen LogP contribution in [0.4, 0.5) is 0 Å². The van der Waals surface area contributed by atoms with E-state index >= 15 is 0 Å². The number of hydrogen-bond acceptors (Lipinski definition) is 3. The predicted octanol–water partition coefficient (Wildman–Crippen LogP) is 2.85. The van der Waals surface area contributed by atoms with Crippen molar-refractivity contribution < 1.29 is 9.21 Å². The van der Waals surface area contributed by atoms with Gasteiger partial charge in [0.2, 0.25) is 0 Å². The molecule has 94 valence electrons. The van der Waals surface area contributed by atoms with E-state index in [9.17, 15) is 4.79 Å². The molecule has 3 rings (SSSR count). The maximum absolute atomic E-state index is 11.8. The van der Waals surface area contributed by atoms with Gasteiger partial charge in [-0.3, -0.25) is 4.79 Å². The number of benzene rings is 1. The minimum atomic E-state index is -0.258. The molecule has 1 aliphatic heterocycles. The summed E-state index contributed by atoms with van der Waals surface area (Å²) in [5, 5.41) is 3.27. The Morgan fingerprint density at radius 1 is 1.26 bits per heavy atom. The van der Waals surface area contributed by atoms with Gasteiger partial charge in [-0.15, -0.1) is 0 Å². The second kappa shape index (κ2) is 4.74. The van der Waals surface area contributed by atoms with Gasteiger partial charge < -0.3 is 9.73 Å². The molecule has 1 aromatic carbocycles. The van der Waals surface area contributed by atoms with Crippen molar-refractivity contribution >= 4 is 29.4 Å². The number of halogens is 1. The second-order valence-electron chi connectivity index (χ2n) is 3.98. The van der Waals surface area contributed by atoms with Crippen molar-refractivity contribution in [2.45, 2.75) is 0 Å². The molecule has 2 heterocycles. The Bertz CT molecular complexity index is 687. The quantitative estimate of drug-likeness (QED) is 0.855. The molecular weight excluding hydrogens is 264 g/mol. The van der Waals surface area contributed by atoms with E-state index in [0.717, 1.165) is 5.56 Å². The summed E-state index contributed by atoms with van der Waals surface area (Å²) in [5.74, 6) is 0.692. The smallest absolute Gasteiger partial charge is 0.275 e. The Morgan fingerprint density at radius 3 is 2.89 bits per heavy atom. The lowest BCUT2D eigenvalue weighted by Gasteiger charge is -1.95. The van der Waals surface area contributed by atoms with E-state index in [2.05, 4.69) is 10.3 Å². The fourth-order valence-electron chi connectivity index (χ4n) is 1.75. The molecule has 0 fully saturated rings. The average molecular weight is 273 g/mol. The van der Waals surface area contributed by atoms with E-state index in [4.69, 9.17) is 16.0 Å². The third-order valence-electron chi connectivity index (χ3n) is 2.60. The number of nitrogens with one attached hydrogen (secondary N) is 1. The van der Waals surface area contributed by atoms with E-state index in [-0.39, 0.29) is 5.91 Å². The maximum Gasteiger partial charge on any atom is 0.275 e. The number of hydrogen-bond donors (Lipinski definition) is 1. The number of nitrogens with zero attached hydrogens (tertiary/aromatic N) is 1. The van der Waals surface area contributed by atoms with E-state index in [1.807, 2.05) is 12.1 Å². The van der Waals surface area contributed by atoms with Crippen molar-refractivity contribution in [1.82, 2.24) is 5.32 Å². The number of carbonyl (C=O) groups excluding carboxylic acids is 1. The molecule has 1 N–H and O–H groups in total. The van der Waals surface area contributed by atoms with Crippen LogP contribution in [0, 0.1) is 0 Å². The first-order chi connectivity index (χ1) is 9.22. The van der Waals surface area contributed by atoms with Gasteiger partial charge in [0.25, 0.3) is 5.91 Å². The van der Waals surface area contributed by atoms with Gasteiger partial charge in [0, 0.05) is 5.02 Å². The molecule has 0 atom stereocenters. The predicted molar refractivity (Wildman–Crippen MR) is 72.8 cm³/mol. The summed E-state index contributed by atoms with van der Waals surface area (Å²) in [5.41, 5.74) is 1.15. The zero-order valence-electron chi connectivity index (χ0n) is 9.76. The van der Waals surface area contributed by atoms with Crippen molar-refractivity contribution in [1.29, 1.82) is 0 Å². The summed E-state index contributed by atoms with van der Waals surface area (Å²) in [6.07, 6.45) is 3.21. The summed E-state index contributed by atoms with van der Waals surface area (Å²) >= 11 is 5.90. The van der Waals surface area contributed by atoms with Crippen LogP contribution in [0.3, 0.4) is 0 Å². The number of amides is 1. The van der Waals surface area contributed by atoms with Crippen LogP contribution in [0.25, 0.3) is 6.08 Å². The van der Waals surface area contributed by atoms with Crippen LogP contribution in [-0.4, -0.2) is 11.7 Å². The molecule has 5 heteroatoms. The van der Waals surface area contributed by atoms with Gasteiger partial charge in [-0.05, 0) is 35.9 Å². The van der Waals surface area contributed by atoms with Crippen molar-refractivity contribution in [3.63, 3.8) is 0 Å². The summed E-state index contributed by atoms with van der Waals surface area (Å²) in [7, 11) is 0. The van der Waals surface area contributed by atoms with Crippen molar-refractivity contribution in [2.75, 3.05) is 0 Å². The van der Waals surface area contributed by atoms with Crippen LogP contribution >= 0.6 is 11.6 Å². The number of furan rings is 1. The summed E-state index contributed by atoms with van der Waals surface area (Å²) in [6, 6.07) is 10.7. The minimum Gasteiger partial charge on any atom is -0.461 e. The Morgan fingerprint density at radius 2 is 2.16 bits per heavy atom. The first kappa shape index (κ1) is 11.7. The SMILES string of the molecule is O=C1NC(c2ccco2)=NC1=Cc1cccc(Cl)c1. The topological polar surface area (TPSA) is 54.6 Å². The van der Waals surface area contributed by atoms with Crippen LogP contribution in [0.1, 0.15) is 11.3 Å². The van der Waals surface area contributed by atoms with Gasteiger partial charge in [-0.2, -0.15) is 0 Å². The Kier molecular flexibility index (Phi) is 2.93. The van der Waals surface area contributed by atoms with Gasteiger partial charge in [-0.1, -0.05) is 23.7 Å². The number of amidine groups is 1. The molecule has 2 aromatic rings. The average Bonchev–Trinajstić information content (AvgIpc) is 3.00. The van der Waals surface area contributed by atoms with Gasteiger partial charge in [0.05, 0.1) is 6.26 Å². The third-order valence-corrected chi connectivity index (χ3v) is 2.84. The molecule has 4 nitrogen and oxygen atoms in total. The summed E-state index contributed by atoms with van der Waals surface area (Å²) in [4.78, 5) is 16.0. The Labute approximate surface area is 114 Å². The molecule has 0 aliphatic carbocycles. The second-order valence-corrected chi connectivity index (χ2v) is 4.41. The van der Waals surface area contributed by atoms with Crippen molar-refractivity contribution in [3.05, 3.63) is 64.7 Å².